The number of aryl methyl sites for hydroxylation is 2. The summed E-state index contributed by atoms with van der Waals surface area (Å²) >= 11 is 3.25. The number of hydrogen-bond donors (Lipinski definition) is 0. The molecule has 1 saturated heterocycles. The predicted molar refractivity (Wildman–Crippen MR) is 96.4 cm³/mol. The molecular formula is C18H18N2OS2. The van der Waals surface area contributed by atoms with Crippen molar-refractivity contribution in [1.29, 1.82) is 0 Å². The molecular weight excluding hydrogens is 324 g/mol. The standard InChI is InChI=1S/C18H18N2OS2/c1-11-5-6-16-13(8-11)9-17(23-16)18(21)20-7-3-4-15(20)14-10-22-12(2)19-14/h5-6,8-10,15H,3-4,7H2,1-2H3. The molecule has 0 N–H and O–H groups in total. The van der Waals surface area contributed by atoms with E-state index in [4.69, 9.17) is 0 Å². The van der Waals surface area contributed by atoms with Crippen LogP contribution < -0.4 is 0 Å². The second-order valence-electron chi connectivity index (χ2n) is 6.10. The molecule has 1 atom stereocenters. The average Bonchev–Trinajstić information content (AvgIpc) is 3.23. The Hall–Kier alpha value is -1.72. The summed E-state index contributed by atoms with van der Waals surface area (Å²) in [7, 11) is 0. The van der Waals surface area contributed by atoms with Crippen LogP contribution in [0, 0.1) is 13.8 Å². The van der Waals surface area contributed by atoms with Crippen molar-refractivity contribution >= 4 is 38.7 Å². The Morgan fingerprint density at radius 2 is 2.17 bits per heavy atom. The fourth-order valence-corrected chi connectivity index (χ4v) is 4.92. The molecule has 1 aliphatic rings. The highest BCUT2D eigenvalue weighted by Gasteiger charge is 2.32. The van der Waals surface area contributed by atoms with Gasteiger partial charge in [0.2, 0.25) is 0 Å². The molecule has 2 aromatic heterocycles. The van der Waals surface area contributed by atoms with Crippen LogP contribution in [0.4, 0.5) is 0 Å². The van der Waals surface area contributed by atoms with E-state index in [2.05, 4.69) is 35.5 Å². The number of benzene rings is 1. The van der Waals surface area contributed by atoms with Gasteiger partial charge >= 0.3 is 0 Å². The van der Waals surface area contributed by atoms with Crippen LogP contribution in [0.5, 0.6) is 0 Å². The largest absolute Gasteiger partial charge is 0.329 e. The van der Waals surface area contributed by atoms with Crippen molar-refractivity contribution in [3.05, 3.63) is 50.8 Å². The Bertz CT molecular complexity index is 880. The minimum absolute atomic E-state index is 0.138. The number of nitrogens with zero attached hydrogens (tertiary/aromatic N) is 2. The third kappa shape index (κ3) is 2.68. The molecule has 3 nitrogen and oxygen atoms in total. The van der Waals surface area contributed by atoms with Gasteiger partial charge in [-0.05, 0) is 44.2 Å². The van der Waals surface area contributed by atoms with Crippen molar-refractivity contribution in [2.24, 2.45) is 0 Å². The lowest BCUT2D eigenvalue weighted by Gasteiger charge is -2.22. The number of carbonyl (C=O) groups excluding carboxylic acids is 1. The van der Waals surface area contributed by atoms with E-state index in [1.807, 2.05) is 17.9 Å². The van der Waals surface area contributed by atoms with Crippen LogP contribution in [0.3, 0.4) is 0 Å². The Kier molecular flexibility index (Phi) is 3.70. The first-order chi connectivity index (χ1) is 11.1. The lowest BCUT2D eigenvalue weighted by Crippen LogP contribution is -2.30. The fraction of sp³-hybridized carbons (Fsp3) is 0.333. The van der Waals surface area contributed by atoms with Gasteiger partial charge in [-0.3, -0.25) is 4.79 Å². The first kappa shape index (κ1) is 14.8. The topological polar surface area (TPSA) is 33.2 Å². The molecule has 1 aliphatic heterocycles. The predicted octanol–water partition coefficient (Wildman–Crippen LogP) is 4.95. The zero-order valence-electron chi connectivity index (χ0n) is 13.2. The normalized spacial score (nSPS) is 18.0. The summed E-state index contributed by atoms with van der Waals surface area (Å²) in [6.45, 7) is 4.93. The molecule has 23 heavy (non-hydrogen) atoms. The summed E-state index contributed by atoms with van der Waals surface area (Å²) in [4.78, 5) is 20.4. The summed E-state index contributed by atoms with van der Waals surface area (Å²) in [5.74, 6) is 0.150. The van der Waals surface area contributed by atoms with Gasteiger partial charge in [0.05, 0.1) is 21.6 Å². The highest BCUT2D eigenvalue weighted by atomic mass is 32.1. The molecule has 1 unspecified atom stereocenters. The number of rotatable bonds is 2. The molecule has 0 aliphatic carbocycles. The third-order valence-electron chi connectivity index (χ3n) is 4.37. The number of likely N-dealkylation sites (tertiary alicyclic amines) is 1. The van der Waals surface area contributed by atoms with E-state index in [9.17, 15) is 4.79 Å². The van der Waals surface area contributed by atoms with Gasteiger partial charge in [-0.25, -0.2) is 4.98 Å². The molecule has 4 rings (SSSR count). The summed E-state index contributed by atoms with van der Waals surface area (Å²) in [6.07, 6.45) is 2.07. The SMILES string of the molecule is Cc1ccc2sc(C(=O)N3CCCC3c3csc(C)n3)cc2c1. The van der Waals surface area contributed by atoms with Crippen LogP contribution in [0.2, 0.25) is 0 Å². The van der Waals surface area contributed by atoms with Crippen molar-refractivity contribution < 1.29 is 4.79 Å². The first-order valence-electron chi connectivity index (χ1n) is 7.85. The van der Waals surface area contributed by atoms with E-state index in [0.29, 0.717) is 0 Å². The van der Waals surface area contributed by atoms with Crippen LogP contribution in [0.1, 0.15) is 44.8 Å². The fourth-order valence-electron chi connectivity index (χ4n) is 3.26. The molecule has 3 aromatic rings. The maximum absolute atomic E-state index is 13.0. The van der Waals surface area contributed by atoms with Crippen LogP contribution in [-0.2, 0) is 0 Å². The monoisotopic (exact) mass is 342 g/mol. The summed E-state index contributed by atoms with van der Waals surface area (Å²) in [5.41, 5.74) is 2.28. The van der Waals surface area contributed by atoms with E-state index < -0.39 is 0 Å². The molecule has 0 radical (unpaired) electrons. The van der Waals surface area contributed by atoms with E-state index in [1.165, 1.54) is 15.6 Å². The molecule has 1 aromatic carbocycles. The van der Waals surface area contributed by atoms with Gasteiger partial charge in [-0.2, -0.15) is 0 Å². The van der Waals surface area contributed by atoms with Crippen molar-refractivity contribution in [3.63, 3.8) is 0 Å². The molecule has 1 fully saturated rings. The van der Waals surface area contributed by atoms with E-state index >= 15 is 0 Å². The average molecular weight is 342 g/mol. The minimum atomic E-state index is 0.138. The van der Waals surface area contributed by atoms with Crippen LogP contribution in [0.25, 0.3) is 10.1 Å². The number of carbonyl (C=O) groups is 1. The molecule has 0 bridgehead atoms. The summed E-state index contributed by atoms with van der Waals surface area (Å²) in [5, 5.41) is 4.33. The smallest absolute Gasteiger partial charge is 0.264 e. The van der Waals surface area contributed by atoms with Crippen LogP contribution in [0.15, 0.2) is 29.6 Å². The number of aromatic nitrogens is 1. The van der Waals surface area contributed by atoms with Crippen molar-refractivity contribution in [2.75, 3.05) is 6.54 Å². The Balaban J connectivity index is 1.66. The number of fused-ring (bicyclic) bond motifs is 1. The Morgan fingerprint density at radius 3 is 2.96 bits per heavy atom. The van der Waals surface area contributed by atoms with Crippen molar-refractivity contribution in [1.82, 2.24) is 9.88 Å². The third-order valence-corrected chi connectivity index (χ3v) is 6.27. The molecule has 0 saturated carbocycles. The van der Waals surface area contributed by atoms with Gasteiger partial charge in [0.15, 0.2) is 0 Å². The Morgan fingerprint density at radius 1 is 1.30 bits per heavy atom. The summed E-state index contributed by atoms with van der Waals surface area (Å²) in [6, 6.07) is 8.53. The van der Waals surface area contributed by atoms with Gasteiger partial charge in [0, 0.05) is 16.6 Å². The van der Waals surface area contributed by atoms with Gasteiger partial charge in [-0.15, -0.1) is 22.7 Å². The number of thiazole rings is 1. The zero-order valence-corrected chi connectivity index (χ0v) is 14.8. The van der Waals surface area contributed by atoms with Crippen molar-refractivity contribution in [3.8, 4) is 0 Å². The lowest BCUT2D eigenvalue weighted by molar-refractivity contribution is 0.0738. The van der Waals surface area contributed by atoms with Gasteiger partial charge in [-0.1, -0.05) is 17.7 Å². The van der Waals surface area contributed by atoms with Gasteiger partial charge in [0.25, 0.3) is 5.91 Å². The molecule has 0 spiro atoms. The summed E-state index contributed by atoms with van der Waals surface area (Å²) < 4.78 is 1.18. The Labute approximate surface area is 143 Å². The maximum Gasteiger partial charge on any atom is 0.264 e. The van der Waals surface area contributed by atoms with Gasteiger partial charge < -0.3 is 4.90 Å². The van der Waals surface area contributed by atoms with Crippen molar-refractivity contribution in [2.45, 2.75) is 32.7 Å². The van der Waals surface area contributed by atoms with E-state index in [0.717, 1.165) is 35.0 Å². The maximum atomic E-state index is 13.0. The second kappa shape index (κ2) is 5.73. The second-order valence-corrected chi connectivity index (χ2v) is 8.25. The number of thiophene rings is 1. The highest BCUT2D eigenvalue weighted by Crippen LogP contribution is 2.35. The van der Waals surface area contributed by atoms with Crippen LogP contribution in [-0.4, -0.2) is 22.3 Å². The molecule has 1 amide bonds. The lowest BCUT2D eigenvalue weighted by atomic mass is 10.1. The molecule has 3 heterocycles. The molecule has 5 heteroatoms. The van der Waals surface area contributed by atoms with Gasteiger partial charge in [0.1, 0.15) is 0 Å². The zero-order chi connectivity index (χ0) is 16.0. The first-order valence-corrected chi connectivity index (χ1v) is 9.54. The number of hydrogen-bond acceptors (Lipinski definition) is 4. The van der Waals surface area contributed by atoms with Crippen LogP contribution >= 0.6 is 22.7 Å². The minimum Gasteiger partial charge on any atom is -0.329 e. The van der Waals surface area contributed by atoms with E-state index in [-0.39, 0.29) is 11.9 Å². The highest BCUT2D eigenvalue weighted by molar-refractivity contribution is 7.20. The number of amides is 1. The van der Waals surface area contributed by atoms with E-state index in [1.54, 1.807) is 22.7 Å². The molecule has 118 valence electrons. The quantitative estimate of drug-likeness (QED) is 0.660.